The molecule has 0 amide bonds. The fraction of sp³-hybridized carbons (Fsp3) is 0.250. The van der Waals surface area contributed by atoms with Crippen LogP contribution >= 0.6 is 11.6 Å². The monoisotopic (exact) mass is 203 g/mol. The molecular formula is C8H10ClNO3. The van der Waals surface area contributed by atoms with Gasteiger partial charge < -0.3 is 10.2 Å². The predicted molar refractivity (Wildman–Crippen MR) is 48.5 cm³/mol. The van der Waals surface area contributed by atoms with Gasteiger partial charge >= 0.3 is 0 Å². The summed E-state index contributed by atoms with van der Waals surface area (Å²) in [7, 11) is 0. The van der Waals surface area contributed by atoms with Crippen molar-refractivity contribution in [1.29, 1.82) is 0 Å². The van der Waals surface area contributed by atoms with Gasteiger partial charge in [0.25, 0.3) is 5.69 Å². The van der Waals surface area contributed by atoms with Gasteiger partial charge in [0.05, 0.1) is 6.61 Å². The Hall–Kier alpha value is -1.13. The molecule has 1 aromatic rings. The Morgan fingerprint density at radius 3 is 2.77 bits per heavy atom. The maximum absolute atomic E-state index is 10.4. The van der Waals surface area contributed by atoms with E-state index in [2.05, 4.69) is 0 Å². The topological polar surface area (TPSA) is 70.3 Å². The van der Waals surface area contributed by atoms with Crippen molar-refractivity contribution in [2.24, 2.45) is 0 Å². The molecule has 1 rings (SSSR count). The molecule has 0 saturated heterocycles. The van der Waals surface area contributed by atoms with E-state index in [9.17, 15) is 4.91 Å². The lowest BCUT2D eigenvalue weighted by Crippen LogP contribution is -2.55. The Labute approximate surface area is 80.8 Å². The van der Waals surface area contributed by atoms with E-state index in [4.69, 9.17) is 16.3 Å². The predicted octanol–water partition coefficient (Wildman–Crippen LogP) is 1.04. The Morgan fingerprint density at radius 2 is 2.23 bits per heavy atom. The number of nitroso groups, excluding NO2 is 1. The van der Waals surface area contributed by atoms with Gasteiger partial charge in [-0.15, -0.1) is 0 Å². The Kier molecular flexibility index (Phi) is 5.03. The van der Waals surface area contributed by atoms with Crippen molar-refractivity contribution in [2.75, 3.05) is 6.61 Å². The van der Waals surface area contributed by atoms with Crippen LogP contribution in [0.1, 0.15) is 6.92 Å². The number of rotatable bonds is 3. The summed E-state index contributed by atoms with van der Waals surface area (Å²) >= 11 is 5.70. The molecular weight excluding hydrogens is 194 g/mol. The Balaban J connectivity index is 0.00000144. The summed E-state index contributed by atoms with van der Waals surface area (Å²) in [5, 5.41) is 2.33. The van der Waals surface area contributed by atoms with Crippen LogP contribution in [-0.2, 0) is 0 Å². The second kappa shape index (κ2) is 5.50. The van der Waals surface area contributed by atoms with Crippen LogP contribution in [0, 0.1) is 4.91 Å². The second-order valence-electron chi connectivity index (χ2n) is 2.18. The van der Waals surface area contributed by atoms with Gasteiger partial charge in [-0.3, -0.25) is 0 Å². The van der Waals surface area contributed by atoms with E-state index < -0.39 is 0 Å². The van der Waals surface area contributed by atoms with Crippen molar-refractivity contribution in [2.45, 2.75) is 6.92 Å². The lowest BCUT2D eigenvalue weighted by molar-refractivity contribution is -0.380. The Bertz CT molecular complexity index is 291. The molecule has 0 radical (unpaired) electrons. The zero-order chi connectivity index (χ0) is 8.97. The van der Waals surface area contributed by atoms with E-state index in [0.717, 1.165) is 0 Å². The molecule has 0 saturated carbocycles. The average molecular weight is 204 g/mol. The first-order valence-electron chi connectivity index (χ1n) is 3.58. The van der Waals surface area contributed by atoms with Crippen LogP contribution in [-0.4, -0.2) is 12.1 Å². The van der Waals surface area contributed by atoms with Gasteiger partial charge in [0.2, 0.25) is 0 Å². The third kappa shape index (κ3) is 3.01. The molecule has 0 aliphatic rings. The van der Waals surface area contributed by atoms with Gasteiger partial charge in [-0.1, -0.05) is 11.6 Å². The largest absolute Gasteiger partial charge is 0.870 e. The van der Waals surface area contributed by atoms with Gasteiger partial charge in [-0.05, 0) is 13.0 Å². The number of benzene rings is 1. The minimum atomic E-state index is 0. The highest BCUT2D eigenvalue weighted by atomic mass is 35.5. The molecule has 2 N–H and O–H groups in total. The van der Waals surface area contributed by atoms with Crippen LogP contribution in [0.5, 0.6) is 5.75 Å². The molecule has 0 aromatic heterocycles. The van der Waals surface area contributed by atoms with E-state index in [1.807, 2.05) is 6.92 Å². The minimum absolute atomic E-state index is 0. The molecule has 0 aliphatic carbocycles. The van der Waals surface area contributed by atoms with Gasteiger partial charge in [-0.25, -0.2) is 0 Å². The molecule has 13 heavy (non-hydrogen) atoms. The maximum Gasteiger partial charge on any atom is 0.294 e. The summed E-state index contributed by atoms with van der Waals surface area (Å²) in [5.41, 5.74) is 0.404. The van der Waals surface area contributed by atoms with Gasteiger partial charge in [0, 0.05) is 27.2 Å². The fourth-order valence-corrected chi connectivity index (χ4v) is 1.02. The van der Waals surface area contributed by atoms with Crippen LogP contribution < -0.4 is 9.91 Å². The lowest BCUT2D eigenvalue weighted by atomic mass is 10.3. The van der Waals surface area contributed by atoms with E-state index in [1.54, 1.807) is 23.4 Å². The standard InChI is InChI=1S/C8H8ClNO2.H2O/c1-2-12-8-5-6(9)3-4-7(8)10-11;/h3-5H,2H2,1H3;1H2. The van der Waals surface area contributed by atoms with Crippen molar-refractivity contribution in [1.82, 2.24) is 0 Å². The summed E-state index contributed by atoms with van der Waals surface area (Å²) in [4.78, 5) is 10.4. The van der Waals surface area contributed by atoms with Crippen LogP contribution in [0.15, 0.2) is 18.2 Å². The highest BCUT2D eigenvalue weighted by molar-refractivity contribution is 6.30. The molecule has 0 bridgehead atoms. The smallest absolute Gasteiger partial charge is 0.294 e. The average Bonchev–Trinajstić information content (AvgIpc) is 2.05. The summed E-state index contributed by atoms with van der Waals surface area (Å²) < 4.78 is 5.16. The van der Waals surface area contributed by atoms with Crippen molar-refractivity contribution in [3.05, 3.63) is 28.1 Å². The summed E-state index contributed by atoms with van der Waals surface area (Å²) in [6.45, 7) is 2.35. The molecule has 0 unspecified atom stereocenters. The van der Waals surface area contributed by atoms with E-state index in [1.165, 1.54) is 0 Å². The highest BCUT2D eigenvalue weighted by Gasteiger charge is 2.09. The molecule has 5 heteroatoms. The molecule has 4 nitrogen and oxygen atoms in total. The van der Waals surface area contributed by atoms with Crippen LogP contribution in [0.4, 0.5) is 5.69 Å². The molecule has 0 fully saturated rings. The molecule has 0 aliphatic heterocycles. The first-order chi connectivity index (χ1) is 5.77. The van der Waals surface area contributed by atoms with Crippen molar-refractivity contribution in [3.8, 4) is 5.75 Å². The van der Waals surface area contributed by atoms with Crippen LogP contribution in [0.2, 0.25) is 5.02 Å². The van der Waals surface area contributed by atoms with E-state index in [-0.39, 0.29) is 5.48 Å². The van der Waals surface area contributed by atoms with Gasteiger partial charge in [0.1, 0.15) is 0 Å². The number of halogens is 1. The summed E-state index contributed by atoms with van der Waals surface area (Å²) in [6, 6.07) is 4.82. The zero-order valence-electron chi connectivity index (χ0n) is 7.08. The van der Waals surface area contributed by atoms with Crippen molar-refractivity contribution < 1.29 is 15.4 Å². The maximum atomic E-state index is 10.4. The minimum Gasteiger partial charge on any atom is -0.870 e. The SMILES string of the molecule is CCOc1cc(Cl)ccc1[NH+]=O.[OH-]. The van der Waals surface area contributed by atoms with Crippen LogP contribution in [0.3, 0.4) is 0 Å². The number of hydrogen-bond acceptors (Lipinski definition) is 3. The van der Waals surface area contributed by atoms with Gasteiger partial charge in [0.15, 0.2) is 5.75 Å². The third-order valence-corrected chi connectivity index (χ3v) is 1.59. The summed E-state index contributed by atoms with van der Waals surface area (Å²) in [5.74, 6) is 0.486. The molecule has 0 spiro atoms. The van der Waals surface area contributed by atoms with E-state index in [0.29, 0.717) is 23.1 Å². The summed E-state index contributed by atoms with van der Waals surface area (Å²) in [6.07, 6.45) is 0. The normalized spacial score (nSPS) is 8.77. The zero-order valence-corrected chi connectivity index (χ0v) is 7.84. The van der Waals surface area contributed by atoms with Crippen molar-refractivity contribution in [3.63, 3.8) is 0 Å². The number of ether oxygens (including phenoxy) is 1. The number of nitrogens with one attached hydrogen (secondary N) is 1. The van der Waals surface area contributed by atoms with Gasteiger partial charge in [-0.2, -0.15) is 0 Å². The lowest BCUT2D eigenvalue weighted by Gasteiger charge is -2.00. The van der Waals surface area contributed by atoms with Crippen LogP contribution in [0.25, 0.3) is 0 Å². The third-order valence-electron chi connectivity index (χ3n) is 1.35. The quantitative estimate of drug-likeness (QED) is 0.798. The van der Waals surface area contributed by atoms with Crippen molar-refractivity contribution >= 4 is 17.3 Å². The molecule has 0 heterocycles. The Morgan fingerprint density at radius 1 is 1.54 bits per heavy atom. The second-order valence-corrected chi connectivity index (χ2v) is 2.61. The first kappa shape index (κ1) is 11.9. The highest BCUT2D eigenvalue weighted by Crippen LogP contribution is 2.23. The van der Waals surface area contributed by atoms with E-state index >= 15 is 0 Å². The molecule has 72 valence electrons. The first-order valence-corrected chi connectivity index (χ1v) is 3.96. The fourth-order valence-electron chi connectivity index (χ4n) is 0.855. The number of hydrogen-bond donors (Lipinski definition) is 1. The molecule has 1 aromatic carbocycles. The molecule has 0 atom stereocenters.